The lowest BCUT2D eigenvalue weighted by molar-refractivity contribution is 0.865. The van der Waals surface area contributed by atoms with Crippen LogP contribution in [0, 0.1) is 13.8 Å². The van der Waals surface area contributed by atoms with E-state index in [-0.39, 0.29) is 0 Å². The molecule has 0 spiro atoms. The molecule has 0 aliphatic heterocycles. The minimum atomic E-state index is 0.808. The Morgan fingerprint density at radius 2 is 2.18 bits per heavy atom. The van der Waals surface area contributed by atoms with Gasteiger partial charge in [0.25, 0.3) is 0 Å². The first-order valence-electron chi connectivity index (χ1n) is 3.41. The summed E-state index contributed by atoms with van der Waals surface area (Å²) in [5.41, 5.74) is 2.88. The van der Waals surface area contributed by atoms with E-state index in [0.29, 0.717) is 0 Å². The molecule has 2 rings (SSSR count). The van der Waals surface area contributed by atoms with Crippen molar-refractivity contribution in [1.29, 1.82) is 0 Å². The van der Waals surface area contributed by atoms with Crippen LogP contribution in [-0.2, 0) is 0 Å². The highest BCUT2D eigenvalue weighted by Crippen LogP contribution is 2.05. The lowest BCUT2D eigenvalue weighted by Gasteiger charge is -1.90. The molecule has 0 atom stereocenters. The highest BCUT2D eigenvalue weighted by Gasteiger charge is 2.02. The lowest BCUT2D eigenvalue weighted by atomic mass is 10.4. The van der Waals surface area contributed by atoms with Crippen LogP contribution in [0.4, 0.5) is 0 Å². The van der Waals surface area contributed by atoms with Crippen molar-refractivity contribution < 1.29 is 0 Å². The number of nitrogens with zero attached hydrogens (tertiary/aromatic N) is 4. The van der Waals surface area contributed by atoms with E-state index in [2.05, 4.69) is 15.1 Å². The van der Waals surface area contributed by atoms with Gasteiger partial charge in [-0.15, -0.1) is 0 Å². The zero-order valence-corrected chi connectivity index (χ0v) is 6.44. The summed E-state index contributed by atoms with van der Waals surface area (Å²) < 4.78 is 1.78. The number of rotatable bonds is 0. The molecule has 0 bridgehead atoms. The molecule has 0 fully saturated rings. The van der Waals surface area contributed by atoms with Gasteiger partial charge in [0.15, 0.2) is 5.65 Å². The first-order chi connectivity index (χ1) is 5.29. The Morgan fingerprint density at radius 3 is 2.91 bits per heavy atom. The first kappa shape index (κ1) is 6.27. The van der Waals surface area contributed by atoms with Crippen molar-refractivity contribution in [3.05, 3.63) is 23.9 Å². The third-order valence-corrected chi connectivity index (χ3v) is 1.76. The molecule has 0 amide bonds. The van der Waals surface area contributed by atoms with Crippen molar-refractivity contribution in [3.8, 4) is 0 Å². The van der Waals surface area contributed by atoms with Gasteiger partial charge in [-0.25, -0.2) is 14.5 Å². The number of hydrogen-bond donors (Lipinski definition) is 0. The molecular weight excluding hydrogens is 140 g/mol. The van der Waals surface area contributed by atoms with Gasteiger partial charge >= 0.3 is 0 Å². The van der Waals surface area contributed by atoms with Gasteiger partial charge in [0.1, 0.15) is 6.33 Å². The number of fused-ring (bicyclic) bond motifs is 1. The predicted octanol–water partition coefficient (Wildman–Crippen LogP) is 0.741. The molecule has 4 heteroatoms. The fourth-order valence-electron chi connectivity index (χ4n) is 1.04. The number of aromatic nitrogens is 4. The number of aryl methyl sites for hydroxylation is 2. The van der Waals surface area contributed by atoms with E-state index in [1.54, 1.807) is 10.7 Å². The van der Waals surface area contributed by atoms with Crippen LogP contribution in [0.25, 0.3) is 5.65 Å². The van der Waals surface area contributed by atoms with Gasteiger partial charge in [-0.05, 0) is 13.8 Å². The molecule has 0 radical (unpaired) electrons. The van der Waals surface area contributed by atoms with Crippen molar-refractivity contribution in [2.75, 3.05) is 0 Å². The normalized spacial score (nSPS) is 10.7. The van der Waals surface area contributed by atoms with Gasteiger partial charge < -0.3 is 0 Å². The highest BCUT2D eigenvalue weighted by molar-refractivity contribution is 5.37. The molecule has 0 unspecified atom stereocenters. The van der Waals surface area contributed by atoms with E-state index in [9.17, 15) is 0 Å². The molecule has 0 saturated carbocycles. The highest BCUT2D eigenvalue weighted by atomic mass is 15.3. The van der Waals surface area contributed by atoms with Gasteiger partial charge in [0, 0.05) is 0 Å². The SMILES string of the molecule is Cc1nc2cncnn2c1C. The van der Waals surface area contributed by atoms with E-state index in [4.69, 9.17) is 0 Å². The maximum atomic E-state index is 4.25. The van der Waals surface area contributed by atoms with Crippen molar-refractivity contribution in [2.24, 2.45) is 0 Å². The minimum absolute atomic E-state index is 0.808. The third kappa shape index (κ3) is 0.790. The second-order valence-corrected chi connectivity index (χ2v) is 2.46. The van der Waals surface area contributed by atoms with E-state index in [1.165, 1.54) is 6.33 Å². The van der Waals surface area contributed by atoms with Crippen molar-refractivity contribution in [3.63, 3.8) is 0 Å². The van der Waals surface area contributed by atoms with Crippen molar-refractivity contribution in [2.45, 2.75) is 13.8 Å². The monoisotopic (exact) mass is 148 g/mol. The van der Waals surface area contributed by atoms with E-state index in [0.717, 1.165) is 17.0 Å². The second-order valence-electron chi connectivity index (χ2n) is 2.46. The average Bonchev–Trinajstić information content (AvgIpc) is 2.30. The van der Waals surface area contributed by atoms with Crippen LogP contribution in [0.1, 0.15) is 11.4 Å². The van der Waals surface area contributed by atoms with Gasteiger partial charge in [-0.1, -0.05) is 0 Å². The first-order valence-corrected chi connectivity index (χ1v) is 3.41. The number of imidazole rings is 1. The van der Waals surface area contributed by atoms with Crippen LogP contribution in [0.5, 0.6) is 0 Å². The maximum Gasteiger partial charge on any atom is 0.172 e. The second kappa shape index (κ2) is 2.02. The Labute approximate surface area is 63.9 Å². The third-order valence-electron chi connectivity index (χ3n) is 1.76. The van der Waals surface area contributed by atoms with E-state index < -0.39 is 0 Å². The Bertz CT molecular complexity index is 390. The summed E-state index contributed by atoms with van der Waals surface area (Å²) in [6.07, 6.45) is 3.22. The summed E-state index contributed by atoms with van der Waals surface area (Å²) in [6, 6.07) is 0. The van der Waals surface area contributed by atoms with Crippen LogP contribution in [0.3, 0.4) is 0 Å². The van der Waals surface area contributed by atoms with Crippen LogP contribution in [0.15, 0.2) is 12.5 Å². The van der Waals surface area contributed by atoms with Crippen molar-refractivity contribution >= 4 is 5.65 Å². The fraction of sp³-hybridized carbons (Fsp3) is 0.286. The molecule has 0 saturated heterocycles. The summed E-state index contributed by atoms with van der Waals surface area (Å²) in [6.45, 7) is 3.95. The van der Waals surface area contributed by atoms with Crippen LogP contribution in [-0.4, -0.2) is 19.6 Å². The maximum absolute atomic E-state index is 4.25. The zero-order chi connectivity index (χ0) is 7.84. The number of hydrogen-bond acceptors (Lipinski definition) is 3. The smallest absolute Gasteiger partial charge is 0.172 e. The van der Waals surface area contributed by atoms with Crippen molar-refractivity contribution in [1.82, 2.24) is 19.6 Å². The van der Waals surface area contributed by atoms with Crippen LogP contribution >= 0.6 is 0 Å². The molecule has 4 nitrogen and oxygen atoms in total. The molecule has 2 aromatic rings. The Kier molecular flexibility index (Phi) is 1.15. The molecular formula is C7H8N4. The fourth-order valence-corrected chi connectivity index (χ4v) is 1.04. The molecule has 0 aromatic carbocycles. The molecule has 56 valence electrons. The van der Waals surface area contributed by atoms with Crippen LogP contribution in [0.2, 0.25) is 0 Å². The van der Waals surface area contributed by atoms with Gasteiger partial charge in [-0.3, -0.25) is 0 Å². The molecule has 0 aliphatic carbocycles. The van der Waals surface area contributed by atoms with E-state index >= 15 is 0 Å². The van der Waals surface area contributed by atoms with E-state index in [1.807, 2.05) is 13.8 Å². The molecule has 2 heterocycles. The quantitative estimate of drug-likeness (QED) is 0.553. The topological polar surface area (TPSA) is 43.1 Å². The molecule has 0 N–H and O–H groups in total. The molecule has 0 aliphatic rings. The summed E-state index contributed by atoms with van der Waals surface area (Å²) in [5.74, 6) is 0. The lowest BCUT2D eigenvalue weighted by Crippen LogP contribution is -1.93. The Morgan fingerprint density at radius 1 is 1.36 bits per heavy atom. The summed E-state index contributed by atoms with van der Waals surface area (Å²) >= 11 is 0. The standard InChI is InChI=1S/C7H8N4/c1-5-6(2)11-7(10-5)3-8-4-9-11/h3-4H,1-2H3. The summed E-state index contributed by atoms with van der Waals surface area (Å²) in [4.78, 5) is 8.12. The van der Waals surface area contributed by atoms with Gasteiger partial charge in [0.2, 0.25) is 0 Å². The Hall–Kier alpha value is -1.45. The van der Waals surface area contributed by atoms with Gasteiger partial charge in [0.05, 0.1) is 17.6 Å². The summed E-state index contributed by atoms with van der Waals surface area (Å²) in [7, 11) is 0. The predicted molar refractivity (Wildman–Crippen MR) is 40.3 cm³/mol. The minimum Gasteiger partial charge on any atom is -0.239 e. The summed E-state index contributed by atoms with van der Waals surface area (Å²) in [5, 5.41) is 4.04. The largest absolute Gasteiger partial charge is 0.239 e. The zero-order valence-electron chi connectivity index (χ0n) is 6.44. The molecule has 11 heavy (non-hydrogen) atoms. The van der Waals surface area contributed by atoms with Gasteiger partial charge in [-0.2, -0.15) is 5.10 Å². The Balaban J connectivity index is 2.92. The van der Waals surface area contributed by atoms with Crippen LogP contribution < -0.4 is 0 Å². The molecule has 2 aromatic heterocycles. The average molecular weight is 148 g/mol.